The lowest BCUT2D eigenvalue weighted by atomic mass is 10.1. The van der Waals surface area contributed by atoms with Gasteiger partial charge in [-0.3, -0.25) is 4.79 Å². The predicted molar refractivity (Wildman–Crippen MR) is 61.6 cm³/mol. The number of rotatable bonds is 2. The van der Waals surface area contributed by atoms with Crippen LogP contribution in [0, 0.1) is 0 Å². The van der Waals surface area contributed by atoms with E-state index in [0.717, 1.165) is 11.8 Å². The molecule has 1 heterocycles. The molecule has 0 aliphatic carbocycles. The summed E-state index contributed by atoms with van der Waals surface area (Å²) in [4.78, 5) is 22.5. The van der Waals surface area contributed by atoms with Gasteiger partial charge in [0, 0.05) is 0 Å². The Labute approximate surface area is 96.4 Å². The molecular formula is C11H9NO3S. The van der Waals surface area contributed by atoms with Crippen LogP contribution in [0.1, 0.15) is 5.56 Å². The van der Waals surface area contributed by atoms with Crippen molar-refractivity contribution in [1.29, 1.82) is 0 Å². The van der Waals surface area contributed by atoms with Crippen LogP contribution in [0.15, 0.2) is 35.2 Å². The van der Waals surface area contributed by atoms with Gasteiger partial charge >= 0.3 is 5.97 Å². The van der Waals surface area contributed by atoms with E-state index in [1.807, 2.05) is 6.07 Å². The van der Waals surface area contributed by atoms with Gasteiger partial charge in [0.05, 0.1) is 11.4 Å². The zero-order valence-electron chi connectivity index (χ0n) is 8.27. The first-order chi connectivity index (χ1) is 7.68. The van der Waals surface area contributed by atoms with Crippen molar-refractivity contribution in [2.75, 3.05) is 5.75 Å². The number of carboxylic acid groups (broad SMARTS) is 1. The molecule has 0 spiro atoms. The van der Waals surface area contributed by atoms with E-state index in [9.17, 15) is 9.59 Å². The molecule has 2 rings (SSSR count). The molecule has 0 saturated carbocycles. The van der Waals surface area contributed by atoms with Crippen molar-refractivity contribution in [1.82, 2.24) is 5.32 Å². The zero-order valence-corrected chi connectivity index (χ0v) is 9.08. The summed E-state index contributed by atoms with van der Waals surface area (Å²) in [5.74, 6) is -1.03. The Morgan fingerprint density at radius 1 is 1.31 bits per heavy atom. The van der Waals surface area contributed by atoms with Crippen molar-refractivity contribution >= 4 is 29.3 Å². The van der Waals surface area contributed by atoms with Crippen LogP contribution in [0.5, 0.6) is 0 Å². The standard InChI is InChI=1S/C11H9NO3S/c13-8-6-16-10(11(14)15)9(12-8)7-4-2-1-3-5-7/h1-5H,6H2,(H,12,13)(H,14,15). The number of hydrogen-bond donors (Lipinski definition) is 2. The molecule has 1 aliphatic rings. The second-order valence-corrected chi connectivity index (χ2v) is 4.20. The molecule has 4 nitrogen and oxygen atoms in total. The fraction of sp³-hybridized carbons (Fsp3) is 0.0909. The number of carbonyl (C=O) groups is 2. The molecule has 1 amide bonds. The quantitative estimate of drug-likeness (QED) is 0.811. The van der Waals surface area contributed by atoms with Crippen molar-refractivity contribution in [3.63, 3.8) is 0 Å². The van der Waals surface area contributed by atoms with E-state index >= 15 is 0 Å². The van der Waals surface area contributed by atoms with Crippen LogP contribution < -0.4 is 5.32 Å². The summed E-state index contributed by atoms with van der Waals surface area (Å²) < 4.78 is 0. The molecule has 0 fully saturated rings. The van der Waals surface area contributed by atoms with Gasteiger partial charge in [-0.15, -0.1) is 11.8 Å². The third-order valence-electron chi connectivity index (χ3n) is 2.10. The van der Waals surface area contributed by atoms with E-state index in [1.165, 1.54) is 0 Å². The number of aliphatic carboxylic acids is 1. The smallest absolute Gasteiger partial charge is 0.344 e. The highest BCUT2D eigenvalue weighted by molar-refractivity contribution is 8.04. The lowest BCUT2D eigenvalue weighted by Crippen LogP contribution is -2.30. The summed E-state index contributed by atoms with van der Waals surface area (Å²) in [7, 11) is 0. The Morgan fingerprint density at radius 3 is 2.62 bits per heavy atom. The Balaban J connectivity index is 2.48. The van der Waals surface area contributed by atoms with Crippen molar-refractivity contribution in [2.24, 2.45) is 0 Å². The van der Waals surface area contributed by atoms with E-state index in [-0.39, 0.29) is 16.6 Å². The summed E-state index contributed by atoms with van der Waals surface area (Å²) >= 11 is 1.05. The van der Waals surface area contributed by atoms with Crippen LogP contribution in [0.4, 0.5) is 0 Å². The third-order valence-corrected chi connectivity index (χ3v) is 3.17. The van der Waals surface area contributed by atoms with Crippen molar-refractivity contribution in [2.45, 2.75) is 0 Å². The first-order valence-corrected chi connectivity index (χ1v) is 5.62. The Bertz CT molecular complexity index is 467. The molecule has 2 N–H and O–H groups in total. The second kappa shape index (κ2) is 4.40. The predicted octanol–water partition coefficient (Wildman–Crippen LogP) is 1.30. The lowest BCUT2D eigenvalue weighted by molar-refractivity contribution is -0.131. The summed E-state index contributed by atoms with van der Waals surface area (Å²) in [6.45, 7) is 0. The topological polar surface area (TPSA) is 66.4 Å². The third kappa shape index (κ3) is 2.09. The van der Waals surface area contributed by atoms with Crippen LogP contribution in [0.3, 0.4) is 0 Å². The van der Waals surface area contributed by atoms with Crippen LogP contribution in [-0.2, 0) is 9.59 Å². The minimum absolute atomic E-state index is 0.151. The molecular weight excluding hydrogens is 226 g/mol. The van der Waals surface area contributed by atoms with Gasteiger partial charge in [0.15, 0.2) is 0 Å². The van der Waals surface area contributed by atoms with E-state index < -0.39 is 5.97 Å². The minimum atomic E-state index is -1.01. The van der Waals surface area contributed by atoms with Gasteiger partial charge in [-0.25, -0.2) is 4.79 Å². The molecule has 1 aromatic rings. The van der Waals surface area contributed by atoms with Gasteiger partial charge in [0.2, 0.25) is 5.91 Å². The maximum Gasteiger partial charge on any atom is 0.344 e. The van der Waals surface area contributed by atoms with Crippen LogP contribution in [0.25, 0.3) is 5.70 Å². The molecule has 1 aromatic carbocycles. The summed E-state index contributed by atoms with van der Waals surface area (Å²) in [5.41, 5.74) is 1.09. The van der Waals surface area contributed by atoms with Crippen molar-refractivity contribution in [3.05, 3.63) is 40.8 Å². The zero-order chi connectivity index (χ0) is 11.5. The Kier molecular flexibility index (Phi) is 2.96. The van der Waals surface area contributed by atoms with E-state index in [2.05, 4.69) is 5.32 Å². The molecule has 16 heavy (non-hydrogen) atoms. The van der Waals surface area contributed by atoms with Crippen molar-refractivity contribution in [3.8, 4) is 0 Å². The Morgan fingerprint density at radius 2 is 2.00 bits per heavy atom. The normalized spacial score (nSPS) is 15.9. The van der Waals surface area contributed by atoms with Gasteiger partial charge in [0.1, 0.15) is 4.91 Å². The first kappa shape index (κ1) is 10.8. The van der Waals surface area contributed by atoms with Gasteiger partial charge in [-0.1, -0.05) is 30.3 Å². The van der Waals surface area contributed by atoms with E-state index in [0.29, 0.717) is 11.3 Å². The summed E-state index contributed by atoms with van der Waals surface area (Å²) in [6.07, 6.45) is 0. The summed E-state index contributed by atoms with van der Waals surface area (Å²) in [6, 6.07) is 8.97. The first-order valence-electron chi connectivity index (χ1n) is 4.64. The number of carbonyl (C=O) groups excluding carboxylic acids is 1. The lowest BCUT2D eigenvalue weighted by Gasteiger charge is -2.18. The SMILES string of the molecule is O=C1CSC(C(=O)O)=C(c2ccccc2)N1. The van der Waals surface area contributed by atoms with Crippen LogP contribution in [-0.4, -0.2) is 22.7 Å². The fourth-order valence-electron chi connectivity index (χ4n) is 1.42. The Hall–Kier alpha value is -1.75. The maximum atomic E-state index is 11.3. The molecule has 0 radical (unpaired) electrons. The van der Waals surface area contributed by atoms with Gasteiger partial charge < -0.3 is 10.4 Å². The average molecular weight is 235 g/mol. The molecule has 0 bridgehead atoms. The average Bonchev–Trinajstić information content (AvgIpc) is 2.29. The number of thioether (sulfide) groups is 1. The number of amides is 1. The second-order valence-electron chi connectivity index (χ2n) is 3.21. The van der Waals surface area contributed by atoms with Gasteiger partial charge in [-0.05, 0) is 5.56 Å². The molecule has 0 unspecified atom stereocenters. The monoisotopic (exact) mass is 235 g/mol. The fourth-order valence-corrected chi connectivity index (χ4v) is 2.20. The molecule has 0 aromatic heterocycles. The highest BCUT2D eigenvalue weighted by Crippen LogP contribution is 2.28. The molecule has 5 heteroatoms. The molecule has 1 aliphatic heterocycles. The van der Waals surface area contributed by atoms with Crippen molar-refractivity contribution < 1.29 is 14.7 Å². The molecule has 0 atom stereocenters. The molecule has 0 saturated heterocycles. The van der Waals surface area contributed by atoms with Gasteiger partial charge in [0.25, 0.3) is 0 Å². The number of hydrogen-bond acceptors (Lipinski definition) is 3. The number of carboxylic acids is 1. The highest BCUT2D eigenvalue weighted by Gasteiger charge is 2.24. The number of nitrogens with one attached hydrogen (secondary N) is 1. The van der Waals surface area contributed by atoms with Gasteiger partial charge in [-0.2, -0.15) is 0 Å². The number of benzene rings is 1. The highest BCUT2D eigenvalue weighted by atomic mass is 32.2. The molecule has 82 valence electrons. The minimum Gasteiger partial charge on any atom is -0.477 e. The van der Waals surface area contributed by atoms with E-state index in [4.69, 9.17) is 5.11 Å². The largest absolute Gasteiger partial charge is 0.477 e. The maximum absolute atomic E-state index is 11.3. The van der Waals surface area contributed by atoms with Crippen LogP contribution >= 0.6 is 11.8 Å². The van der Waals surface area contributed by atoms with Crippen LogP contribution in [0.2, 0.25) is 0 Å². The summed E-state index contributed by atoms with van der Waals surface area (Å²) in [5, 5.41) is 11.6. The van der Waals surface area contributed by atoms with E-state index in [1.54, 1.807) is 24.3 Å².